The fourth-order valence-electron chi connectivity index (χ4n) is 2.08. The van der Waals surface area contributed by atoms with Gasteiger partial charge in [-0.15, -0.1) is 0 Å². The Morgan fingerprint density at radius 1 is 1.10 bits per heavy atom. The molecule has 0 radical (unpaired) electrons. The van der Waals surface area contributed by atoms with Gasteiger partial charge >= 0.3 is 0 Å². The molecule has 0 spiro atoms. The van der Waals surface area contributed by atoms with Crippen molar-refractivity contribution >= 4 is 6.29 Å². The number of aldehydes is 1. The van der Waals surface area contributed by atoms with Gasteiger partial charge in [-0.1, -0.05) is 42.5 Å². The first kappa shape index (κ1) is 14.3. The number of rotatable bonds is 7. The summed E-state index contributed by atoms with van der Waals surface area (Å²) in [6.45, 7) is 0.850. The number of carbonyl (C=O) groups is 1. The van der Waals surface area contributed by atoms with Gasteiger partial charge in [0.15, 0.2) is 6.29 Å². The molecular formula is C17H19NO2. The standard InChI is InChI=1S/C17H19NO2/c1-18-12-11-17(14-7-3-2-4-8-14)20-16-10-6-5-9-15(16)13-19/h2-10,13,17-18H,11-12H2,1H3. The lowest BCUT2D eigenvalue weighted by Crippen LogP contribution is -2.16. The first-order valence-electron chi connectivity index (χ1n) is 6.75. The second-order valence-electron chi connectivity index (χ2n) is 4.57. The van der Waals surface area contributed by atoms with Crippen molar-refractivity contribution in [2.75, 3.05) is 13.6 Å². The minimum atomic E-state index is -0.0650. The van der Waals surface area contributed by atoms with Crippen LogP contribution >= 0.6 is 0 Å². The third-order valence-electron chi connectivity index (χ3n) is 3.14. The molecule has 3 heteroatoms. The largest absolute Gasteiger partial charge is 0.485 e. The van der Waals surface area contributed by atoms with E-state index in [-0.39, 0.29) is 6.10 Å². The highest BCUT2D eigenvalue weighted by Gasteiger charge is 2.14. The van der Waals surface area contributed by atoms with Crippen LogP contribution in [0.2, 0.25) is 0 Å². The molecule has 3 nitrogen and oxygen atoms in total. The summed E-state index contributed by atoms with van der Waals surface area (Å²) in [6, 6.07) is 17.4. The van der Waals surface area contributed by atoms with Gasteiger partial charge in [0.2, 0.25) is 0 Å². The Balaban J connectivity index is 2.21. The summed E-state index contributed by atoms with van der Waals surface area (Å²) in [5.74, 6) is 0.632. The third kappa shape index (κ3) is 3.68. The van der Waals surface area contributed by atoms with E-state index >= 15 is 0 Å². The molecular weight excluding hydrogens is 250 g/mol. The van der Waals surface area contributed by atoms with Crippen molar-refractivity contribution in [3.63, 3.8) is 0 Å². The molecule has 2 aromatic rings. The van der Waals surface area contributed by atoms with Gasteiger partial charge in [-0.25, -0.2) is 0 Å². The van der Waals surface area contributed by atoms with Gasteiger partial charge in [-0.2, -0.15) is 0 Å². The fourth-order valence-corrected chi connectivity index (χ4v) is 2.08. The highest BCUT2D eigenvalue weighted by molar-refractivity contribution is 5.79. The Hall–Kier alpha value is -2.13. The van der Waals surface area contributed by atoms with Crippen LogP contribution in [0.1, 0.15) is 28.4 Å². The van der Waals surface area contributed by atoms with Crippen LogP contribution in [0.3, 0.4) is 0 Å². The summed E-state index contributed by atoms with van der Waals surface area (Å²) >= 11 is 0. The van der Waals surface area contributed by atoms with Gasteiger partial charge in [-0.05, 0) is 31.3 Å². The summed E-state index contributed by atoms with van der Waals surface area (Å²) in [5.41, 5.74) is 1.70. The molecule has 1 unspecified atom stereocenters. The van der Waals surface area contributed by atoms with Crippen molar-refractivity contribution in [1.29, 1.82) is 0 Å². The SMILES string of the molecule is CNCCC(Oc1ccccc1C=O)c1ccccc1. The van der Waals surface area contributed by atoms with E-state index in [0.717, 1.165) is 24.8 Å². The Kier molecular flexibility index (Phi) is 5.33. The fraction of sp³-hybridized carbons (Fsp3) is 0.235. The van der Waals surface area contributed by atoms with Crippen LogP contribution in [0.25, 0.3) is 0 Å². The van der Waals surface area contributed by atoms with Crippen LogP contribution in [-0.4, -0.2) is 19.9 Å². The molecule has 0 saturated carbocycles. The van der Waals surface area contributed by atoms with Crippen molar-refractivity contribution in [1.82, 2.24) is 5.32 Å². The Morgan fingerprint density at radius 3 is 2.50 bits per heavy atom. The normalized spacial score (nSPS) is 11.8. The summed E-state index contributed by atoms with van der Waals surface area (Å²) in [5, 5.41) is 3.13. The summed E-state index contributed by atoms with van der Waals surface area (Å²) in [6.07, 6.45) is 1.60. The van der Waals surface area contributed by atoms with Gasteiger partial charge in [0.25, 0.3) is 0 Å². The van der Waals surface area contributed by atoms with Crippen LogP contribution in [0.4, 0.5) is 0 Å². The van der Waals surface area contributed by atoms with Crippen LogP contribution in [0.5, 0.6) is 5.75 Å². The first-order chi connectivity index (χ1) is 9.85. The third-order valence-corrected chi connectivity index (χ3v) is 3.14. The zero-order chi connectivity index (χ0) is 14.2. The average Bonchev–Trinajstić information content (AvgIpc) is 2.52. The van der Waals surface area contributed by atoms with E-state index in [1.165, 1.54) is 0 Å². The molecule has 0 aliphatic heterocycles. The quantitative estimate of drug-likeness (QED) is 0.784. The molecule has 0 aliphatic rings. The molecule has 0 aromatic heterocycles. The Morgan fingerprint density at radius 2 is 1.80 bits per heavy atom. The van der Waals surface area contributed by atoms with Gasteiger partial charge in [0.1, 0.15) is 11.9 Å². The van der Waals surface area contributed by atoms with Crippen LogP contribution in [0.15, 0.2) is 54.6 Å². The molecule has 0 heterocycles. The molecule has 0 bridgehead atoms. The van der Waals surface area contributed by atoms with Crippen molar-refractivity contribution in [3.05, 3.63) is 65.7 Å². The molecule has 20 heavy (non-hydrogen) atoms. The maximum absolute atomic E-state index is 11.1. The lowest BCUT2D eigenvalue weighted by molar-refractivity contribution is 0.111. The number of hydrogen-bond donors (Lipinski definition) is 1. The van der Waals surface area contributed by atoms with E-state index in [1.54, 1.807) is 6.07 Å². The van der Waals surface area contributed by atoms with Crippen molar-refractivity contribution in [2.24, 2.45) is 0 Å². The molecule has 2 aromatic carbocycles. The summed E-state index contributed by atoms with van der Waals surface area (Å²) in [4.78, 5) is 11.1. The van der Waals surface area contributed by atoms with Crippen molar-refractivity contribution < 1.29 is 9.53 Å². The molecule has 0 amide bonds. The zero-order valence-corrected chi connectivity index (χ0v) is 11.6. The van der Waals surface area contributed by atoms with Crippen molar-refractivity contribution in [3.8, 4) is 5.75 Å². The number of benzene rings is 2. The van der Waals surface area contributed by atoms with Crippen LogP contribution < -0.4 is 10.1 Å². The Labute approximate surface area is 119 Å². The molecule has 104 valence electrons. The van der Waals surface area contributed by atoms with E-state index in [0.29, 0.717) is 11.3 Å². The van der Waals surface area contributed by atoms with Gasteiger partial charge in [0.05, 0.1) is 5.56 Å². The maximum Gasteiger partial charge on any atom is 0.153 e. The topological polar surface area (TPSA) is 38.3 Å². The highest BCUT2D eigenvalue weighted by Crippen LogP contribution is 2.26. The van der Waals surface area contributed by atoms with E-state index in [4.69, 9.17) is 4.74 Å². The molecule has 0 saturated heterocycles. The molecule has 1 N–H and O–H groups in total. The maximum atomic E-state index is 11.1. The minimum Gasteiger partial charge on any atom is -0.485 e. The lowest BCUT2D eigenvalue weighted by atomic mass is 10.1. The number of nitrogens with one attached hydrogen (secondary N) is 1. The first-order valence-corrected chi connectivity index (χ1v) is 6.75. The monoisotopic (exact) mass is 269 g/mol. The van der Waals surface area contributed by atoms with E-state index in [9.17, 15) is 4.79 Å². The van der Waals surface area contributed by atoms with Gasteiger partial charge in [0, 0.05) is 6.42 Å². The van der Waals surface area contributed by atoms with Gasteiger partial charge < -0.3 is 10.1 Å². The van der Waals surface area contributed by atoms with Crippen LogP contribution in [0, 0.1) is 0 Å². The molecule has 2 rings (SSSR count). The molecule has 0 aliphatic carbocycles. The van der Waals surface area contributed by atoms with Gasteiger partial charge in [-0.3, -0.25) is 4.79 Å². The predicted molar refractivity (Wildman–Crippen MR) is 80.2 cm³/mol. The van der Waals surface area contributed by atoms with E-state index in [2.05, 4.69) is 5.32 Å². The minimum absolute atomic E-state index is 0.0650. The zero-order valence-electron chi connectivity index (χ0n) is 11.6. The average molecular weight is 269 g/mol. The summed E-state index contributed by atoms with van der Waals surface area (Å²) < 4.78 is 6.05. The number of carbonyl (C=O) groups excluding carboxylic acids is 1. The van der Waals surface area contributed by atoms with Crippen molar-refractivity contribution in [2.45, 2.75) is 12.5 Å². The van der Waals surface area contributed by atoms with E-state index < -0.39 is 0 Å². The second kappa shape index (κ2) is 7.46. The molecule has 0 fully saturated rings. The predicted octanol–water partition coefficient (Wildman–Crippen LogP) is 3.23. The number of ether oxygens (including phenoxy) is 1. The van der Waals surface area contributed by atoms with E-state index in [1.807, 2.05) is 55.6 Å². The van der Waals surface area contributed by atoms with Crippen LogP contribution in [-0.2, 0) is 0 Å². The Bertz CT molecular complexity index is 540. The number of hydrogen-bond acceptors (Lipinski definition) is 3. The lowest BCUT2D eigenvalue weighted by Gasteiger charge is -2.20. The summed E-state index contributed by atoms with van der Waals surface area (Å²) in [7, 11) is 1.92. The second-order valence-corrected chi connectivity index (χ2v) is 4.57. The molecule has 1 atom stereocenters. The number of para-hydroxylation sites is 1. The highest BCUT2D eigenvalue weighted by atomic mass is 16.5. The smallest absolute Gasteiger partial charge is 0.153 e.